The molecule has 12 heteroatoms. The maximum absolute atomic E-state index is 13.6. The van der Waals surface area contributed by atoms with Gasteiger partial charge in [-0.2, -0.15) is 0 Å². The van der Waals surface area contributed by atoms with Crippen molar-refractivity contribution in [1.82, 2.24) is 40.5 Å². The molecule has 2 aliphatic carbocycles. The number of fused-ring (bicyclic) bond motifs is 2. The molecule has 0 radical (unpaired) electrons. The van der Waals surface area contributed by atoms with Gasteiger partial charge in [0.05, 0.1) is 42.9 Å². The molecule has 3 amide bonds. The molecule has 3 aliphatic rings. The molecule has 2 bridgehead atoms. The molecule has 4 heterocycles. The van der Waals surface area contributed by atoms with E-state index in [0.29, 0.717) is 24.9 Å². The number of ether oxygens (including phenoxy) is 1. The van der Waals surface area contributed by atoms with Crippen molar-refractivity contribution in [1.29, 1.82) is 0 Å². The summed E-state index contributed by atoms with van der Waals surface area (Å²) in [4.78, 5) is 61.8. The van der Waals surface area contributed by atoms with Gasteiger partial charge in [0.2, 0.25) is 11.8 Å². The van der Waals surface area contributed by atoms with E-state index in [2.05, 4.69) is 75.0 Å². The number of likely N-dealkylation sites (tertiary alicyclic amines) is 1. The molecule has 2 aromatic carbocycles. The van der Waals surface area contributed by atoms with E-state index < -0.39 is 12.1 Å². The maximum atomic E-state index is 13.6. The molecule has 6 atom stereocenters. The first kappa shape index (κ1) is 37.2. The van der Waals surface area contributed by atoms with Crippen LogP contribution in [-0.2, 0) is 20.9 Å². The Balaban J connectivity index is 0.937. The molecule has 3 unspecified atom stereocenters. The molecule has 1 saturated heterocycles. The summed E-state index contributed by atoms with van der Waals surface area (Å²) in [5.74, 6) is 2.42. The summed E-state index contributed by atoms with van der Waals surface area (Å²) in [6.45, 7) is 7.01. The number of H-pyrrole nitrogens is 2. The average molecular weight is 755 g/mol. The minimum atomic E-state index is -0.679. The third-order valence-electron chi connectivity index (χ3n) is 12.2. The van der Waals surface area contributed by atoms with Gasteiger partial charge in [0.1, 0.15) is 17.7 Å². The van der Waals surface area contributed by atoms with Crippen LogP contribution in [0.25, 0.3) is 33.6 Å². The van der Waals surface area contributed by atoms with Crippen LogP contribution in [0.4, 0.5) is 4.79 Å². The second-order valence-corrected chi connectivity index (χ2v) is 16.0. The second-order valence-electron chi connectivity index (χ2n) is 16.0. The van der Waals surface area contributed by atoms with Crippen LogP contribution in [0.5, 0.6) is 0 Å². The van der Waals surface area contributed by atoms with Crippen molar-refractivity contribution in [3.8, 4) is 33.6 Å². The summed E-state index contributed by atoms with van der Waals surface area (Å²) in [5, 5.41) is 5.89. The van der Waals surface area contributed by atoms with Crippen LogP contribution in [0.2, 0.25) is 0 Å². The Labute approximate surface area is 327 Å². The summed E-state index contributed by atoms with van der Waals surface area (Å²) in [7, 11) is 1.30. The SMILES string of the molecule is COC(=O)N[C@H](C(=O)N1CCC[C@H]1c1ncc(-c2ccc(-c3ccc(-c4cnc(C5C6CCC(C6)[C@@H]5C(=O)NCc5cccnc5)[nH]4)cc3)cc2C)[nH]1)C(C)C. The van der Waals surface area contributed by atoms with Crippen molar-refractivity contribution < 1.29 is 19.1 Å². The highest BCUT2D eigenvalue weighted by Gasteiger charge is 2.52. The Kier molecular flexibility index (Phi) is 10.5. The van der Waals surface area contributed by atoms with Gasteiger partial charge in [-0.3, -0.25) is 14.6 Å². The number of amides is 3. The molecule has 2 saturated carbocycles. The van der Waals surface area contributed by atoms with Crippen LogP contribution in [0, 0.1) is 30.6 Å². The lowest BCUT2D eigenvalue weighted by molar-refractivity contribution is -0.135. The van der Waals surface area contributed by atoms with Crippen molar-refractivity contribution in [2.45, 2.75) is 77.4 Å². The van der Waals surface area contributed by atoms with Crippen molar-refractivity contribution >= 4 is 17.9 Å². The molecule has 12 nitrogen and oxygen atoms in total. The van der Waals surface area contributed by atoms with Gasteiger partial charge < -0.3 is 30.2 Å². The van der Waals surface area contributed by atoms with Gasteiger partial charge in [0.25, 0.3) is 0 Å². The van der Waals surface area contributed by atoms with Crippen molar-refractivity contribution in [2.24, 2.45) is 23.7 Å². The Morgan fingerprint density at radius 3 is 2.38 bits per heavy atom. The number of nitrogens with zero attached hydrogens (tertiary/aromatic N) is 4. The van der Waals surface area contributed by atoms with Crippen LogP contribution >= 0.6 is 0 Å². The summed E-state index contributed by atoms with van der Waals surface area (Å²) in [6.07, 6.45) is 11.6. The van der Waals surface area contributed by atoms with E-state index in [-0.39, 0.29) is 35.6 Å². The van der Waals surface area contributed by atoms with E-state index in [4.69, 9.17) is 14.7 Å². The minimum absolute atomic E-state index is 0.0766. The fourth-order valence-corrected chi connectivity index (χ4v) is 9.35. The van der Waals surface area contributed by atoms with Crippen molar-refractivity contribution in [3.05, 3.63) is 102 Å². The summed E-state index contributed by atoms with van der Waals surface area (Å²) in [6, 6.07) is 17.9. The van der Waals surface area contributed by atoms with E-state index >= 15 is 0 Å². The number of hydrogen-bond donors (Lipinski definition) is 4. The van der Waals surface area contributed by atoms with E-state index in [1.54, 1.807) is 12.4 Å². The third kappa shape index (κ3) is 7.32. The minimum Gasteiger partial charge on any atom is -0.453 e. The number of rotatable bonds is 11. The van der Waals surface area contributed by atoms with Gasteiger partial charge in [0.15, 0.2) is 0 Å². The molecular formula is C44H50N8O4. The van der Waals surface area contributed by atoms with Gasteiger partial charge in [-0.05, 0) is 90.7 Å². The summed E-state index contributed by atoms with van der Waals surface area (Å²) >= 11 is 0. The number of methoxy groups -OCH3 is 1. The lowest BCUT2D eigenvalue weighted by Gasteiger charge is -2.30. The van der Waals surface area contributed by atoms with Crippen LogP contribution in [0.1, 0.15) is 80.7 Å². The Hall–Kier alpha value is -5.78. The first-order valence-electron chi connectivity index (χ1n) is 19.8. The maximum Gasteiger partial charge on any atom is 0.407 e. The number of aromatic nitrogens is 5. The number of aromatic amines is 2. The van der Waals surface area contributed by atoms with Gasteiger partial charge in [-0.1, -0.05) is 62.4 Å². The number of alkyl carbamates (subject to hydrolysis) is 1. The molecule has 3 fully saturated rings. The van der Waals surface area contributed by atoms with E-state index in [0.717, 1.165) is 88.5 Å². The van der Waals surface area contributed by atoms with Crippen LogP contribution < -0.4 is 10.6 Å². The zero-order chi connectivity index (χ0) is 38.9. The molecular weight excluding hydrogens is 705 g/mol. The topological polar surface area (TPSA) is 158 Å². The molecule has 56 heavy (non-hydrogen) atoms. The van der Waals surface area contributed by atoms with Gasteiger partial charge in [-0.25, -0.2) is 14.8 Å². The zero-order valence-electron chi connectivity index (χ0n) is 32.4. The zero-order valence-corrected chi connectivity index (χ0v) is 32.4. The number of pyridine rings is 1. The number of carbonyl (C=O) groups is 3. The first-order chi connectivity index (χ1) is 27.2. The first-order valence-corrected chi connectivity index (χ1v) is 19.8. The fourth-order valence-electron chi connectivity index (χ4n) is 9.35. The van der Waals surface area contributed by atoms with Gasteiger partial charge in [0, 0.05) is 37.0 Å². The van der Waals surface area contributed by atoms with E-state index in [1.807, 2.05) is 43.3 Å². The monoisotopic (exact) mass is 754 g/mol. The van der Waals surface area contributed by atoms with Gasteiger partial charge >= 0.3 is 6.09 Å². The molecule has 1 aliphatic heterocycles. The van der Waals surface area contributed by atoms with E-state index in [1.165, 1.54) is 7.11 Å². The van der Waals surface area contributed by atoms with Crippen LogP contribution in [-0.4, -0.2) is 67.4 Å². The van der Waals surface area contributed by atoms with E-state index in [9.17, 15) is 14.4 Å². The number of carbonyl (C=O) groups excluding carboxylic acids is 3. The summed E-state index contributed by atoms with van der Waals surface area (Å²) < 4.78 is 4.77. The Morgan fingerprint density at radius 1 is 0.893 bits per heavy atom. The predicted molar refractivity (Wildman–Crippen MR) is 213 cm³/mol. The van der Waals surface area contributed by atoms with Crippen molar-refractivity contribution in [2.75, 3.05) is 13.7 Å². The van der Waals surface area contributed by atoms with Gasteiger partial charge in [-0.15, -0.1) is 0 Å². The van der Waals surface area contributed by atoms with Crippen LogP contribution in [0.3, 0.4) is 0 Å². The second kappa shape index (κ2) is 15.8. The number of imidazole rings is 2. The lowest BCUT2D eigenvalue weighted by atomic mass is 9.78. The Morgan fingerprint density at radius 2 is 1.62 bits per heavy atom. The Bertz CT molecular complexity index is 2200. The predicted octanol–water partition coefficient (Wildman–Crippen LogP) is 7.33. The number of benzene rings is 2. The standard InChI is InChI=1S/C44H50N8O4/c1-25(2)39(51-44(55)56-4)43(54)52-18-6-8-36(52)40-46-24-35(50-40)33-16-15-30(19-26(33)3)28-9-11-29(12-10-28)34-23-47-41(49-34)37-31-13-14-32(20-31)38(37)42(53)48-22-27-7-5-17-45-21-27/h5,7,9-12,15-17,19,21,23-25,31-32,36-39H,6,8,13-14,18,20,22H2,1-4H3,(H,46,50)(H,47,49)(H,48,53)(H,51,55)/t31?,32?,36-,37?,38-,39-/m0/s1. The molecule has 8 rings (SSSR count). The molecule has 0 spiro atoms. The largest absolute Gasteiger partial charge is 0.453 e. The normalized spacial score (nSPS) is 22.0. The number of hydrogen-bond acceptors (Lipinski definition) is 7. The fraction of sp³-hybridized carbons (Fsp3) is 0.409. The van der Waals surface area contributed by atoms with Crippen LogP contribution in [0.15, 0.2) is 79.4 Å². The highest BCUT2D eigenvalue weighted by molar-refractivity contribution is 5.86. The molecule has 3 aromatic heterocycles. The third-order valence-corrected chi connectivity index (χ3v) is 12.2. The molecule has 5 aromatic rings. The molecule has 4 N–H and O–H groups in total. The highest BCUT2D eigenvalue weighted by atomic mass is 16.5. The average Bonchev–Trinajstić information content (AvgIpc) is 4.07. The quantitative estimate of drug-likeness (QED) is 0.110. The summed E-state index contributed by atoms with van der Waals surface area (Å²) in [5.41, 5.74) is 8.25. The number of nitrogens with one attached hydrogen (secondary N) is 4. The molecule has 290 valence electrons. The highest BCUT2D eigenvalue weighted by Crippen LogP contribution is 2.56. The smallest absolute Gasteiger partial charge is 0.407 e. The lowest BCUT2D eigenvalue weighted by Crippen LogP contribution is -2.51. The van der Waals surface area contributed by atoms with Crippen molar-refractivity contribution in [3.63, 3.8) is 0 Å². The number of aryl methyl sites for hydroxylation is 1.